The molecule has 0 aliphatic carbocycles. The monoisotopic (exact) mass is 312 g/mol. The topological polar surface area (TPSA) is 76.7 Å². The van der Waals surface area contributed by atoms with Crippen LogP contribution in [-0.4, -0.2) is 21.3 Å². The lowest BCUT2D eigenvalue weighted by atomic mass is 10.1. The maximum Gasteiger partial charge on any atom is 0.344 e. The number of benzene rings is 1. The van der Waals surface area contributed by atoms with E-state index in [2.05, 4.69) is 10.2 Å². The molecule has 0 fully saturated rings. The molecule has 0 bridgehead atoms. The van der Waals surface area contributed by atoms with Crippen LogP contribution in [0.3, 0.4) is 0 Å². The average Bonchev–Trinajstić information content (AvgIpc) is 2.74. The second-order valence-corrected chi connectivity index (χ2v) is 6.11. The minimum absolute atomic E-state index is 0.0500. The quantitative estimate of drug-likeness (QED) is 0.889. The Balaban J connectivity index is 2.37. The number of hydrogen-bond donors (Lipinski definition) is 2. The van der Waals surface area contributed by atoms with Gasteiger partial charge in [0.2, 0.25) is 0 Å². The van der Waals surface area contributed by atoms with Crippen molar-refractivity contribution >= 4 is 23.4 Å². The molecule has 0 radical (unpaired) electrons. The second kappa shape index (κ2) is 6.47. The van der Waals surface area contributed by atoms with Crippen LogP contribution in [0.1, 0.15) is 25.5 Å². The number of aromatic amines is 1. The summed E-state index contributed by atoms with van der Waals surface area (Å²) in [6, 6.07) is 5.71. The number of nitrogens with zero attached hydrogens (tertiary/aromatic N) is 2. The van der Waals surface area contributed by atoms with Crippen LogP contribution < -0.4 is 11.4 Å². The highest BCUT2D eigenvalue weighted by atomic mass is 35.5. The van der Waals surface area contributed by atoms with Gasteiger partial charge in [0.25, 0.3) is 0 Å². The minimum Gasteiger partial charge on any atom is -0.330 e. The van der Waals surface area contributed by atoms with Crippen molar-refractivity contribution in [3.63, 3.8) is 0 Å². The van der Waals surface area contributed by atoms with Gasteiger partial charge in [0.15, 0.2) is 5.16 Å². The van der Waals surface area contributed by atoms with E-state index in [0.717, 1.165) is 16.9 Å². The Morgan fingerprint density at radius 1 is 1.50 bits per heavy atom. The SMILES string of the molecule is CC(C)n1c(Sc2ccc(Cl)cc2CCN)n[nH]c1=O. The molecule has 2 rings (SSSR count). The van der Waals surface area contributed by atoms with Gasteiger partial charge in [-0.15, -0.1) is 5.10 Å². The fraction of sp³-hybridized carbons (Fsp3) is 0.385. The molecule has 3 N–H and O–H groups in total. The lowest BCUT2D eigenvalue weighted by Gasteiger charge is -2.11. The summed E-state index contributed by atoms with van der Waals surface area (Å²) in [4.78, 5) is 12.7. The standard InChI is InChI=1S/C13H17ClN4OS/c1-8(2)18-12(19)16-17-13(18)20-11-4-3-10(14)7-9(11)5-6-15/h3-4,7-8H,5-6,15H2,1-2H3,(H,16,19). The van der Waals surface area contributed by atoms with E-state index in [1.165, 1.54) is 11.8 Å². The number of nitrogens with one attached hydrogen (secondary N) is 1. The molecule has 0 aliphatic rings. The molecule has 0 saturated heterocycles. The van der Waals surface area contributed by atoms with E-state index >= 15 is 0 Å². The number of rotatable bonds is 5. The van der Waals surface area contributed by atoms with Crippen LogP contribution in [0.25, 0.3) is 0 Å². The van der Waals surface area contributed by atoms with Gasteiger partial charge in [0.05, 0.1) is 0 Å². The molecule has 1 aromatic carbocycles. The number of aromatic nitrogens is 3. The first kappa shape index (κ1) is 15.2. The van der Waals surface area contributed by atoms with Crippen LogP contribution in [0.5, 0.6) is 0 Å². The highest BCUT2D eigenvalue weighted by Crippen LogP contribution is 2.31. The summed E-state index contributed by atoms with van der Waals surface area (Å²) in [5.41, 5.74) is 6.49. The Kier molecular flexibility index (Phi) is 4.91. The highest BCUT2D eigenvalue weighted by molar-refractivity contribution is 7.99. The first-order chi connectivity index (χ1) is 9.52. The first-order valence-corrected chi connectivity index (χ1v) is 7.55. The molecule has 20 heavy (non-hydrogen) atoms. The summed E-state index contributed by atoms with van der Waals surface area (Å²) < 4.78 is 1.63. The van der Waals surface area contributed by atoms with Crippen molar-refractivity contribution in [1.82, 2.24) is 14.8 Å². The molecule has 1 aromatic heterocycles. The van der Waals surface area contributed by atoms with Crippen molar-refractivity contribution in [1.29, 1.82) is 0 Å². The van der Waals surface area contributed by atoms with Crippen LogP contribution in [0.2, 0.25) is 5.02 Å². The van der Waals surface area contributed by atoms with Crippen molar-refractivity contribution < 1.29 is 0 Å². The third kappa shape index (κ3) is 3.26. The van der Waals surface area contributed by atoms with E-state index < -0.39 is 0 Å². The Labute approximate surface area is 126 Å². The maximum atomic E-state index is 11.7. The zero-order valence-corrected chi connectivity index (χ0v) is 13.0. The van der Waals surface area contributed by atoms with Gasteiger partial charge in [-0.05, 0) is 62.3 Å². The van der Waals surface area contributed by atoms with Crippen molar-refractivity contribution in [3.8, 4) is 0 Å². The molecule has 0 amide bonds. The molecule has 0 spiro atoms. The van der Waals surface area contributed by atoms with Gasteiger partial charge >= 0.3 is 5.69 Å². The van der Waals surface area contributed by atoms with E-state index in [4.69, 9.17) is 17.3 Å². The van der Waals surface area contributed by atoms with E-state index in [1.54, 1.807) is 4.57 Å². The maximum absolute atomic E-state index is 11.7. The fourth-order valence-electron chi connectivity index (χ4n) is 1.91. The van der Waals surface area contributed by atoms with Crippen LogP contribution in [-0.2, 0) is 6.42 Å². The lowest BCUT2D eigenvalue weighted by molar-refractivity contribution is 0.534. The Morgan fingerprint density at radius 2 is 2.25 bits per heavy atom. The summed E-state index contributed by atoms with van der Waals surface area (Å²) in [6.45, 7) is 4.44. The second-order valence-electron chi connectivity index (χ2n) is 4.67. The number of H-pyrrole nitrogens is 1. The third-order valence-corrected chi connectivity index (χ3v) is 4.15. The molecular formula is C13H17ClN4OS. The predicted molar refractivity (Wildman–Crippen MR) is 81.6 cm³/mol. The molecule has 5 nitrogen and oxygen atoms in total. The molecule has 0 unspecified atom stereocenters. The van der Waals surface area contributed by atoms with Crippen molar-refractivity contribution in [2.45, 2.75) is 36.4 Å². The molecule has 108 valence electrons. The predicted octanol–water partition coefficient (Wildman–Crippen LogP) is 2.46. The van der Waals surface area contributed by atoms with Gasteiger partial charge < -0.3 is 5.73 Å². The smallest absolute Gasteiger partial charge is 0.330 e. The highest BCUT2D eigenvalue weighted by Gasteiger charge is 2.14. The molecule has 2 aromatic rings. The molecular weight excluding hydrogens is 296 g/mol. The fourth-order valence-corrected chi connectivity index (χ4v) is 3.22. The Hall–Kier alpha value is -1.24. The van der Waals surface area contributed by atoms with Gasteiger partial charge in [-0.2, -0.15) is 0 Å². The average molecular weight is 313 g/mol. The summed E-state index contributed by atoms with van der Waals surface area (Å²) >= 11 is 7.46. The zero-order chi connectivity index (χ0) is 14.7. The minimum atomic E-state index is -0.197. The Bertz CT molecular complexity index is 650. The Morgan fingerprint density at radius 3 is 2.90 bits per heavy atom. The summed E-state index contributed by atoms with van der Waals surface area (Å²) in [5, 5.41) is 7.89. The van der Waals surface area contributed by atoms with Gasteiger partial charge in [0, 0.05) is 16.0 Å². The van der Waals surface area contributed by atoms with Crippen LogP contribution in [0.4, 0.5) is 0 Å². The van der Waals surface area contributed by atoms with Gasteiger partial charge in [-0.1, -0.05) is 11.6 Å². The van der Waals surface area contributed by atoms with Crippen LogP contribution >= 0.6 is 23.4 Å². The summed E-state index contributed by atoms with van der Waals surface area (Å²) in [6.07, 6.45) is 0.735. The molecule has 0 aliphatic heterocycles. The van der Waals surface area contributed by atoms with E-state index in [0.29, 0.717) is 16.7 Å². The van der Waals surface area contributed by atoms with Crippen LogP contribution in [0, 0.1) is 0 Å². The number of nitrogens with two attached hydrogens (primary N) is 1. The molecule has 7 heteroatoms. The number of halogens is 1. The number of hydrogen-bond acceptors (Lipinski definition) is 4. The van der Waals surface area contributed by atoms with Gasteiger partial charge in [0.1, 0.15) is 0 Å². The van der Waals surface area contributed by atoms with Crippen LogP contribution in [0.15, 0.2) is 33.0 Å². The summed E-state index contributed by atoms with van der Waals surface area (Å²) in [5.74, 6) is 0. The van der Waals surface area contributed by atoms with Crippen molar-refractivity contribution in [3.05, 3.63) is 39.3 Å². The molecule has 1 heterocycles. The third-order valence-electron chi connectivity index (χ3n) is 2.83. The largest absolute Gasteiger partial charge is 0.344 e. The van der Waals surface area contributed by atoms with Gasteiger partial charge in [-0.25, -0.2) is 9.89 Å². The lowest BCUT2D eigenvalue weighted by Crippen LogP contribution is -2.19. The van der Waals surface area contributed by atoms with Gasteiger partial charge in [-0.3, -0.25) is 4.57 Å². The van der Waals surface area contributed by atoms with Crippen molar-refractivity contribution in [2.24, 2.45) is 5.73 Å². The van der Waals surface area contributed by atoms with E-state index in [9.17, 15) is 4.79 Å². The summed E-state index contributed by atoms with van der Waals surface area (Å²) in [7, 11) is 0. The molecule has 0 saturated carbocycles. The first-order valence-electron chi connectivity index (χ1n) is 6.36. The zero-order valence-electron chi connectivity index (χ0n) is 11.4. The van der Waals surface area contributed by atoms with E-state index in [1.807, 2.05) is 32.0 Å². The normalized spacial score (nSPS) is 11.2. The van der Waals surface area contributed by atoms with E-state index in [-0.39, 0.29) is 11.7 Å². The molecule has 0 atom stereocenters. The van der Waals surface area contributed by atoms with Crippen molar-refractivity contribution in [2.75, 3.05) is 6.54 Å².